The molecule has 0 aromatic rings. The lowest BCUT2D eigenvalue weighted by molar-refractivity contribution is 0.259. The second kappa shape index (κ2) is 10.8. The van der Waals surface area contributed by atoms with Crippen LogP contribution >= 0.6 is 15.9 Å². The quantitative estimate of drug-likeness (QED) is 0.214. The summed E-state index contributed by atoms with van der Waals surface area (Å²) in [6.07, 6.45) is 13.2. The predicted molar refractivity (Wildman–Crippen MR) is 107 cm³/mol. The largest absolute Gasteiger partial charge is 0.416 e. The van der Waals surface area contributed by atoms with Gasteiger partial charge in [-0.1, -0.05) is 88.0 Å². The molecule has 0 amide bonds. The molecule has 0 aromatic heterocycles. The highest BCUT2D eigenvalue weighted by Crippen LogP contribution is 2.36. The Bertz CT molecular complexity index is 353. The number of rotatable bonds is 10. The van der Waals surface area contributed by atoms with Crippen LogP contribution in [0.5, 0.6) is 0 Å². The van der Waals surface area contributed by atoms with E-state index in [0.717, 1.165) is 6.61 Å². The van der Waals surface area contributed by atoms with E-state index in [1.807, 2.05) is 0 Å². The topological polar surface area (TPSA) is 9.23 Å². The molecule has 0 fully saturated rings. The van der Waals surface area contributed by atoms with Crippen LogP contribution in [0.2, 0.25) is 18.1 Å². The molecule has 0 radical (unpaired) electrons. The number of hydrogen-bond donors (Lipinski definition) is 0. The van der Waals surface area contributed by atoms with Gasteiger partial charge in [-0.3, -0.25) is 0 Å². The summed E-state index contributed by atoms with van der Waals surface area (Å²) < 4.78 is 7.45. The monoisotopic (exact) mass is 388 g/mol. The van der Waals surface area contributed by atoms with Gasteiger partial charge in [-0.25, -0.2) is 0 Å². The van der Waals surface area contributed by atoms with Gasteiger partial charge in [0.25, 0.3) is 0 Å². The highest BCUT2D eigenvalue weighted by atomic mass is 79.9. The van der Waals surface area contributed by atoms with E-state index in [1.165, 1.54) is 36.6 Å². The van der Waals surface area contributed by atoms with Crippen molar-refractivity contribution in [3.8, 4) is 0 Å². The van der Waals surface area contributed by atoms with Crippen LogP contribution in [0, 0.1) is 5.92 Å². The summed E-state index contributed by atoms with van der Waals surface area (Å²) in [4.78, 5) is 0. The van der Waals surface area contributed by atoms with E-state index in [9.17, 15) is 0 Å². The zero-order valence-corrected chi connectivity index (χ0v) is 18.4. The van der Waals surface area contributed by atoms with Crippen molar-refractivity contribution in [1.29, 1.82) is 0 Å². The average molecular weight is 389 g/mol. The molecule has 22 heavy (non-hydrogen) atoms. The van der Waals surface area contributed by atoms with E-state index < -0.39 is 8.32 Å². The molecule has 0 unspecified atom stereocenters. The lowest BCUT2D eigenvalue weighted by Crippen LogP contribution is -2.41. The van der Waals surface area contributed by atoms with Gasteiger partial charge in [0.2, 0.25) is 0 Å². The Morgan fingerprint density at radius 2 is 1.82 bits per heavy atom. The Labute approximate surface area is 148 Å². The molecule has 0 saturated carbocycles. The second-order valence-electron chi connectivity index (χ2n) is 7.85. The van der Waals surface area contributed by atoms with E-state index in [0.29, 0.717) is 5.92 Å². The molecule has 0 spiro atoms. The van der Waals surface area contributed by atoms with E-state index >= 15 is 0 Å². The van der Waals surface area contributed by atoms with Gasteiger partial charge < -0.3 is 4.43 Å². The van der Waals surface area contributed by atoms with Gasteiger partial charge in [0, 0.05) is 11.1 Å². The van der Waals surface area contributed by atoms with Crippen molar-refractivity contribution < 1.29 is 4.43 Å². The summed E-state index contributed by atoms with van der Waals surface area (Å²) in [5.74, 6) is 0.438. The summed E-state index contributed by atoms with van der Waals surface area (Å²) >= 11 is 3.65. The third-order valence-electron chi connectivity index (χ3n) is 4.46. The van der Waals surface area contributed by atoms with Gasteiger partial charge in [-0.05, 0) is 36.9 Å². The minimum atomic E-state index is -1.63. The Morgan fingerprint density at radius 3 is 2.36 bits per heavy atom. The summed E-state index contributed by atoms with van der Waals surface area (Å²) in [5.41, 5.74) is 0. The SMILES string of the molecule is CCCCCC/C=C/C(Br)=C/[C@@H](C)CO[Si](C)(C)C(C)(C)C. The lowest BCUT2D eigenvalue weighted by Gasteiger charge is -2.36. The Hall–Kier alpha value is 0.137. The molecule has 3 heteroatoms. The van der Waals surface area contributed by atoms with Gasteiger partial charge in [-0.15, -0.1) is 0 Å². The van der Waals surface area contributed by atoms with Gasteiger partial charge in [-0.2, -0.15) is 0 Å². The molecular formula is C19H37BrOSi. The normalized spacial score (nSPS) is 15.5. The zero-order valence-electron chi connectivity index (χ0n) is 15.8. The fourth-order valence-electron chi connectivity index (χ4n) is 1.82. The van der Waals surface area contributed by atoms with Crippen LogP contribution in [-0.2, 0) is 4.43 Å². The predicted octanol–water partition coefficient (Wildman–Crippen LogP) is 7.45. The zero-order chi connectivity index (χ0) is 17.2. The first-order chi connectivity index (χ1) is 10.1. The first-order valence-corrected chi connectivity index (χ1v) is 12.5. The average Bonchev–Trinajstić information content (AvgIpc) is 2.39. The summed E-state index contributed by atoms with van der Waals surface area (Å²) in [7, 11) is -1.63. The molecule has 1 nitrogen and oxygen atoms in total. The van der Waals surface area contributed by atoms with Crippen LogP contribution < -0.4 is 0 Å². The van der Waals surface area contributed by atoms with E-state index in [2.05, 4.69) is 81.9 Å². The maximum Gasteiger partial charge on any atom is 0.192 e. The van der Waals surface area contributed by atoms with Crippen molar-refractivity contribution in [2.45, 2.75) is 84.9 Å². The van der Waals surface area contributed by atoms with Crippen LogP contribution in [0.1, 0.15) is 66.7 Å². The third-order valence-corrected chi connectivity index (χ3v) is 9.49. The Kier molecular flexibility index (Phi) is 10.9. The molecule has 0 rings (SSSR count). The van der Waals surface area contributed by atoms with Crippen LogP contribution in [0.3, 0.4) is 0 Å². The van der Waals surface area contributed by atoms with E-state index in [1.54, 1.807) is 0 Å². The molecule has 0 aliphatic carbocycles. The summed E-state index contributed by atoms with van der Waals surface area (Å²) in [6, 6.07) is 0. The van der Waals surface area contributed by atoms with Crippen molar-refractivity contribution in [2.75, 3.05) is 6.61 Å². The van der Waals surface area contributed by atoms with Gasteiger partial charge in [0.15, 0.2) is 8.32 Å². The van der Waals surface area contributed by atoms with Crippen molar-refractivity contribution in [2.24, 2.45) is 5.92 Å². The molecule has 0 bridgehead atoms. The second-order valence-corrected chi connectivity index (χ2v) is 13.6. The molecule has 0 aromatic carbocycles. The minimum absolute atomic E-state index is 0.284. The van der Waals surface area contributed by atoms with Crippen LogP contribution in [0.25, 0.3) is 0 Å². The maximum atomic E-state index is 6.28. The highest BCUT2D eigenvalue weighted by Gasteiger charge is 2.37. The number of allylic oxidation sites excluding steroid dienone is 3. The molecule has 1 atom stereocenters. The fourth-order valence-corrected chi connectivity index (χ4v) is 3.57. The Morgan fingerprint density at radius 1 is 1.18 bits per heavy atom. The van der Waals surface area contributed by atoms with Crippen molar-refractivity contribution in [3.63, 3.8) is 0 Å². The standard InChI is InChI=1S/C19H37BrOSi/c1-8-9-10-11-12-13-14-18(20)15-17(2)16-21-22(6,7)19(3,4)5/h13-15,17H,8-12,16H2,1-7H3/b14-13+,18-15-/t17-/m1/s1. The molecule has 0 heterocycles. The fraction of sp³-hybridized carbons (Fsp3) is 0.789. The van der Waals surface area contributed by atoms with Crippen LogP contribution in [-0.4, -0.2) is 14.9 Å². The number of unbranched alkanes of at least 4 members (excludes halogenated alkanes) is 4. The van der Waals surface area contributed by atoms with Gasteiger partial charge >= 0.3 is 0 Å². The lowest BCUT2D eigenvalue weighted by atomic mass is 10.1. The first-order valence-electron chi connectivity index (χ1n) is 8.78. The molecule has 0 aliphatic rings. The maximum absolute atomic E-state index is 6.28. The minimum Gasteiger partial charge on any atom is -0.416 e. The third kappa shape index (κ3) is 10.0. The Balaban J connectivity index is 4.17. The molecule has 0 aliphatic heterocycles. The molecule has 0 N–H and O–H groups in total. The molecule has 0 saturated heterocycles. The van der Waals surface area contributed by atoms with Gasteiger partial charge in [0.1, 0.15) is 0 Å². The van der Waals surface area contributed by atoms with Crippen molar-refractivity contribution in [1.82, 2.24) is 0 Å². The van der Waals surface area contributed by atoms with Crippen molar-refractivity contribution >= 4 is 24.2 Å². The van der Waals surface area contributed by atoms with E-state index in [-0.39, 0.29) is 5.04 Å². The summed E-state index contributed by atoms with van der Waals surface area (Å²) in [5, 5.41) is 0.284. The van der Waals surface area contributed by atoms with Gasteiger partial charge in [0.05, 0.1) is 0 Å². The van der Waals surface area contributed by atoms with E-state index in [4.69, 9.17) is 4.43 Å². The summed E-state index contributed by atoms with van der Waals surface area (Å²) in [6.45, 7) is 16.8. The first kappa shape index (κ1) is 22.1. The van der Waals surface area contributed by atoms with Crippen LogP contribution in [0.4, 0.5) is 0 Å². The number of hydrogen-bond acceptors (Lipinski definition) is 1. The number of halogens is 1. The highest BCUT2D eigenvalue weighted by molar-refractivity contribution is 9.11. The van der Waals surface area contributed by atoms with Crippen molar-refractivity contribution in [3.05, 3.63) is 22.7 Å². The molecular weight excluding hydrogens is 352 g/mol. The van der Waals surface area contributed by atoms with Crippen LogP contribution in [0.15, 0.2) is 22.7 Å². The smallest absolute Gasteiger partial charge is 0.192 e. The molecule has 130 valence electrons.